The molecule has 1 aliphatic heterocycles. The summed E-state index contributed by atoms with van der Waals surface area (Å²) in [6.45, 7) is 5.02. The molecule has 1 aromatic carbocycles. The van der Waals surface area contributed by atoms with E-state index in [0.717, 1.165) is 19.6 Å². The maximum atomic E-state index is 8.71. The lowest BCUT2D eigenvalue weighted by molar-refractivity contribution is 0.463. The average Bonchev–Trinajstić information content (AvgIpc) is 2.30. The quantitative estimate of drug-likeness (QED) is 0.816. The van der Waals surface area contributed by atoms with Gasteiger partial charge in [0.1, 0.15) is 0 Å². The Morgan fingerprint density at radius 3 is 3.19 bits per heavy atom. The third kappa shape index (κ3) is 2.53. The molecular weight excluding hydrogens is 198 g/mol. The van der Waals surface area contributed by atoms with Crippen molar-refractivity contribution in [2.45, 2.75) is 19.4 Å². The van der Waals surface area contributed by atoms with Crippen molar-refractivity contribution in [3.63, 3.8) is 0 Å². The Labute approximate surface area is 96.7 Å². The van der Waals surface area contributed by atoms with Crippen LogP contribution in [0.25, 0.3) is 0 Å². The monoisotopic (exact) mass is 215 g/mol. The van der Waals surface area contributed by atoms with E-state index in [9.17, 15) is 0 Å². The van der Waals surface area contributed by atoms with Crippen LogP contribution in [-0.2, 0) is 0 Å². The van der Waals surface area contributed by atoms with Crippen molar-refractivity contribution in [1.82, 2.24) is 5.32 Å². The van der Waals surface area contributed by atoms with Gasteiger partial charge in [-0.1, -0.05) is 12.1 Å². The van der Waals surface area contributed by atoms with Crippen molar-refractivity contribution in [3.05, 3.63) is 29.8 Å². The van der Waals surface area contributed by atoms with Crippen LogP contribution in [0.4, 0.5) is 5.69 Å². The van der Waals surface area contributed by atoms with Gasteiger partial charge in [-0.25, -0.2) is 0 Å². The number of anilines is 1. The van der Waals surface area contributed by atoms with E-state index in [4.69, 9.17) is 5.26 Å². The van der Waals surface area contributed by atoms with Crippen molar-refractivity contribution in [2.75, 3.05) is 24.5 Å². The van der Waals surface area contributed by atoms with E-state index < -0.39 is 0 Å². The van der Waals surface area contributed by atoms with E-state index in [-0.39, 0.29) is 0 Å². The summed E-state index contributed by atoms with van der Waals surface area (Å²) in [5.74, 6) is 0. The number of aryl methyl sites for hydroxylation is 1. The highest BCUT2D eigenvalue weighted by molar-refractivity contribution is 5.49. The molecule has 1 saturated heterocycles. The third-order valence-electron chi connectivity index (χ3n) is 2.96. The lowest BCUT2D eigenvalue weighted by atomic mass is 10.1. The molecule has 0 aliphatic carbocycles. The first kappa shape index (κ1) is 11.0. The highest BCUT2D eigenvalue weighted by atomic mass is 15.2. The molecule has 1 aliphatic rings. The van der Waals surface area contributed by atoms with Gasteiger partial charge in [-0.15, -0.1) is 0 Å². The maximum Gasteiger partial charge on any atom is 0.0638 e. The SMILES string of the molecule is Cc1cccc(N2CCNC(CC#N)C2)c1. The van der Waals surface area contributed by atoms with Crippen LogP contribution in [0.2, 0.25) is 0 Å². The Morgan fingerprint density at radius 1 is 1.56 bits per heavy atom. The van der Waals surface area contributed by atoms with Crippen molar-refractivity contribution < 1.29 is 0 Å². The molecule has 1 aromatic rings. The van der Waals surface area contributed by atoms with Crippen LogP contribution in [0.15, 0.2) is 24.3 Å². The molecule has 16 heavy (non-hydrogen) atoms. The summed E-state index contributed by atoms with van der Waals surface area (Å²) in [6.07, 6.45) is 0.586. The largest absolute Gasteiger partial charge is 0.369 e. The highest BCUT2D eigenvalue weighted by Gasteiger charge is 2.18. The van der Waals surface area contributed by atoms with E-state index in [0.29, 0.717) is 12.5 Å². The number of rotatable bonds is 2. The molecule has 1 atom stereocenters. The molecule has 0 aromatic heterocycles. The molecule has 84 valence electrons. The minimum Gasteiger partial charge on any atom is -0.369 e. The van der Waals surface area contributed by atoms with Crippen molar-refractivity contribution in [2.24, 2.45) is 0 Å². The standard InChI is InChI=1S/C13H17N3/c1-11-3-2-4-13(9-11)16-8-7-15-12(10-16)5-6-14/h2-4,9,12,15H,5,7-8,10H2,1H3. The topological polar surface area (TPSA) is 39.1 Å². The second-order valence-electron chi connectivity index (χ2n) is 4.30. The molecule has 0 spiro atoms. The zero-order chi connectivity index (χ0) is 11.4. The lowest BCUT2D eigenvalue weighted by Gasteiger charge is -2.34. The summed E-state index contributed by atoms with van der Waals surface area (Å²) in [6, 6.07) is 11.1. The predicted molar refractivity (Wildman–Crippen MR) is 65.4 cm³/mol. The van der Waals surface area contributed by atoms with Crippen molar-refractivity contribution in [1.29, 1.82) is 5.26 Å². The molecule has 0 bridgehead atoms. The zero-order valence-corrected chi connectivity index (χ0v) is 9.61. The number of nitrogens with zero attached hydrogens (tertiary/aromatic N) is 2. The van der Waals surface area contributed by atoms with Gasteiger partial charge < -0.3 is 10.2 Å². The van der Waals surface area contributed by atoms with Gasteiger partial charge >= 0.3 is 0 Å². The molecule has 2 rings (SSSR count). The van der Waals surface area contributed by atoms with Crippen LogP contribution >= 0.6 is 0 Å². The number of nitrogens with one attached hydrogen (secondary N) is 1. The van der Waals surface area contributed by atoms with Gasteiger partial charge in [0.25, 0.3) is 0 Å². The molecule has 0 amide bonds. The first-order chi connectivity index (χ1) is 7.79. The molecule has 1 N–H and O–H groups in total. The molecule has 1 fully saturated rings. The number of hydrogen-bond acceptors (Lipinski definition) is 3. The second-order valence-corrected chi connectivity index (χ2v) is 4.30. The van der Waals surface area contributed by atoms with E-state index in [1.807, 2.05) is 0 Å². The maximum absolute atomic E-state index is 8.71. The van der Waals surface area contributed by atoms with Gasteiger partial charge in [-0.2, -0.15) is 5.26 Å². The van der Waals surface area contributed by atoms with Gasteiger partial charge in [-0.05, 0) is 24.6 Å². The minimum atomic E-state index is 0.305. The zero-order valence-electron chi connectivity index (χ0n) is 9.61. The van der Waals surface area contributed by atoms with E-state index in [1.54, 1.807) is 0 Å². The highest BCUT2D eigenvalue weighted by Crippen LogP contribution is 2.17. The Hall–Kier alpha value is -1.53. The number of hydrogen-bond donors (Lipinski definition) is 1. The van der Waals surface area contributed by atoms with E-state index >= 15 is 0 Å². The summed E-state index contributed by atoms with van der Waals surface area (Å²) >= 11 is 0. The number of benzene rings is 1. The molecule has 1 heterocycles. The average molecular weight is 215 g/mol. The number of nitriles is 1. The van der Waals surface area contributed by atoms with Gasteiger partial charge in [0.05, 0.1) is 12.5 Å². The molecular formula is C13H17N3. The Bertz CT molecular complexity index is 394. The summed E-state index contributed by atoms with van der Waals surface area (Å²) in [5.41, 5.74) is 2.55. The Morgan fingerprint density at radius 2 is 2.44 bits per heavy atom. The van der Waals surface area contributed by atoms with E-state index in [1.165, 1.54) is 11.3 Å². The summed E-state index contributed by atoms with van der Waals surface area (Å²) in [7, 11) is 0. The fraction of sp³-hybridized carbons (Fsp3) is 0.462. The van der Waals surface area contributed by atoms with Crippen LogP contribution in [0.3, 0.4) is 0 Å². The van der Waals surface area contributed by atoms with Crippen molar-refractivity contribution >= 4 is 5.69 Å². The Kier molecular flexibility index (Phi) is 3.43. The molecule has 1 unspecified atom stereocenters. The first-order valence-corrected chi connectivity index (χ1v) is 5.71. The van der Waals surface area contributed by atoms with Gasteiger partial charge in [0.15, 0.2) is 0 Å². The predicted octanol–water partition coefficient (Wildman–Crippen LogP) is 1.69. The van der Waals surface area contributed by atoms with Crippen LogP contribution in [0.1, 0.15) is 12.0 Å². The third-order valence-corrected chi connectivity index (χ3v) is 2.96. The second kappa shape index (κ2) is 5.00. The summed E-state index contributed by atoms with van der Waals surface area (Å²) < 4.78 is 0. The normalized spacial score (nSPS) is 20.5. The molecule has 3 heteroatoms. The van der Waals surface area contributed by atoms with Crippen LogP contribution < -0.4 is 10.2 Å². The van der Waals surface area contributed by atoms with Crippen LogP contribution in [0.5, 0.6) is 0 Å². The molecule has 3 nitrogen and oxygen atoms in total. The van der Waals surface area contributed by atoms with Crippen LogP contribution in [-0.4, -0.2) is 25.7 Å². The Balaban J connectivity index is 2.07. The van der Waals surface area contributed by atoms with Gasteiger partial charge in [0, 0.05) is 31.4 Å². The van der Waals surface area contributed by atoms with Gasteiger partial charge in [0.2, 0.25) is 0 Å². The summed E-state index contributed by atoms with van der Waals surface area (Å²) in [5, 5.41) is 12.1. The minimum absolute atomic E-state index is 0.305. The van der Waals surface area contributed by atoms with Crippen LogP contribution in [0, 0.1) is 18.3 Å². The van der Waals surface area contributed by atoms with E-state index in [2.05, 4.69) is 47.5 Å². The smallest absolute Gasteiger partial charge is 0.0638 e. The van der Waals surface area contributed by atoms with Gasteiger partial charge in [-0.3, -0.25) is 0 Å². The fourth-order valence-electron chi connectivity index (χ4n) is 2.13. The summed E-state index contributed by atoms with van der Waals surface area (Å²) in [4.78, 5) is 2.35. The lowest BCUT2D eigenvalue weighted by Crippen LogP contribution is -2.50. The number of piperazine rings is 1. The fourth-order valence-corrected chi connectivity index (χ4v) is 2.13. The molecule has 0 radical (unpaired) electrons. The first-order valence-electron chi connectivity index (χ1n) is 5.71. The van der Waals surface area contributed by atoms with Crippen molar-refractivity contribution in [3.8, 4) is 6.07 Å². The molecule has 0 saturated carbocycles.